The van der Waals surface area contributed by atoms with E-state index in [1.165, 1.54) is 48.5 Å². The molecule has 37 heavy (non-hydrogen) atoms. The number of carboxylic acid groups (broad SMARTS) is 2. The standard InChI is InChI=1S/2C9H12NO6P.3Ca/c2*10-8(9(11)12)5-6-1-3-7(4-2-6)16-17(13,14)15;;;/h2*1-4,8H,5,10H2,(H,11,12)(H2,13,14,15);;;/q;;3*+2/p-6/t2*8-;;;/m00.../s1. The Morgan fingerprint density at radius 2 is 0.892 bits per heavy atom. The molecule has 0 spiro atoms. The van der Waals surface area contributed by atoms with Crippen molar-refractivity contribution in [3.05, 3.63) is 59.7 Å². The summed E-state index contributed by atoms with van der Waals surface area (Å²) in [5.74, 6) is -3.03. The fourth-order valence-electron chi connectivity index (χ4n) is 2.31. The van der Waals surface area contributed by atoms with Crippen LogP contribution in [0.5, 0.6) is 11.5 Å². The van der Waals surface area contributed by atoms with Gasteiger partial charge in [0.25, 0.3) is 0 Å². The minimum atomic E-state index is -5.07. The second kappa shape index (κ2) is 20.0. The minimum Gasteiger partial charge on any atom is -0.780 e. The van der Waals surface area contributed by atoms with Crippen LogP contribution in [0.3, 0.4) is 0 Å². The average Bonchev–Trinajstić information content (AvgIpc) is 2.69. The van der Waals surface area contributed by atoms with Gasteiger partial charge in [0.1, 0.15) is 27.1 Å². The SMILES string of the molecule is N[C@@H](Cc1ccc(OP(=O)([O-])[O-])cc1)C(=O)[O-].N[C@@H](Cc1ccc(OP(=O)([O-])[O-])cc1)C(=O)[O-].[Ca+2].[Ca+2].[Ca+2]. The quantitative estimate of drug-likeness (QED) is 0.181. The third-order valence-corrected chi connectivity index (χ3v) is 4.67. The number of aliphatic carboxylic acids is 2. The predicted octanol–water partition coefficient (Wildman–Crippen LogP) is -6.11. The van der Waals surface area contributed by atoms with Crippen molar-refractivity contribution < 1.29 is 57.6 Å². The third-order valence-electron chi connectivity index (χ3n) is 3.80. The summed E-state index contributed by atoms with van der Waals surface area (Å²) in [5.41, 5.74) is 11.6. The van der Waals surface area contributed by atoms with Crippen LogP contribution in [0.4, 0.5) is 0 Å². The minimum absolute atomic E-state index is 0. The molecule has 0 aromatic heterocycles. The number of carboxylic acids is 2. The molecular weight excluding hydrogens is 618 g/mol. The van der Waals surface area contributed by atoms with Gasteiger partial charge in [-0.25, -0.2) is 0 Å². The van der Waals surface area contributed by atoms with Crippen molar-refractivity contribution in [3.8, 4) is 11.5 Å². The second-order valence-corrected chi connectivity index (χ2v) is 8.78. The molecule has 2 atom stereocenters. The first kappa shape index (κ1) is 42.4. The summed E-state index contributed by atoms with van der Waals surface area (Å²) in [5, 5.41) is 20.8. The number of phosphoric acid groups is 2. The van der Waals surface area contributed by atoms with Crippen molar-refractivity contribution in [3.63, 3.8) is 0 Å². The molecule has 2 aromatic rings. The summed E-state index contributed by atoms with van der Waals surface area (Å²) < 4.78 is 28.8. The van der Waals surface area contributed by atoms with Crippen LogP contribution in [0.15, 0.2) is 48.5 Å². The largest absolute Gasteiger partial charge is 2.00 e. The van der Waals surface area contributed by atoms with Crippen molar-refractivity contribution in [1.29, 1.82) is 0 Å². The topological polar surface area (TPSA) is 277 Å². The van der Waals surface area contributed by atoms with Crippen LogP contribution in [-0.2, 0) is 31.6 Å². The molecule has 0 bridgehead atoms. The number of hydrogen-bond donors (Lipinski definition) is 2. The van der Waals surface area contributed by atoms with E-state index in [0.29, 0.717) is 11.1 Å². The Hall–Kier alpha value is 0.979. The van der Waals surface area contributed by atoms with Gasteiger partial charge in [-0.3, -0.25) is 0 Å². The first-order valence-electron chi connectivity index (χ1n) is 9.10. The molecule has 0 saturated heterocycles. The van der Waals surface area contributed by atoms with Gasteiger partial charge in [-0.2, -0.15) is 0 Å². The van der Waals surface area contributed by atoms with E-state index in [0.717, 1.165) is 0 Å². The number of nitrogens with two attached hydrogens (primary N) is 2. The molecule has 2 rings (SSSR count). The maximum atomic E-state index is 10.4. The normalized spacial score (nSPS) is 12.1. The smallest absolute Gasteiger partial charge is 0.780 e. The zero-order chi connectivity index (χ0) is 26.1. The summed E-state index contributed by atoms with van der Waals surface area (Å²) >= 11 is 0. The van der Waals surface area contributed by atoms with Gasteiger partial charge in [0.15, 0.2) is 0 Å². The van der Waals surface area contributed by atoms with E-state index in [4.69, 9.17) is 11.5 Å². The monoisotopic (exact) mass is 636 g/mol. The fourth-order valence-corrected chi connectivity index (χ4v) is 3.07. The van der Waals surface area contributed by atoms with E-state index in [9.17, 15) is 48.5 Å². The number of hydrogen-bond acceptors (Lipinski definition) is 14. The Balaban J connectivity index is -0.000000578. The second-order valence-electron chi connectivity index (χ2n) is 6.62. The number of rotatable bonds is 10. The predicted molar refractivity (Wildman–Crippen MR) is 120 cm³/mol. The Kier molecular flexibility index (Phi) is 22.9. The molecule has 0 saturated carbocycles. The van der Waals surface area contributed by atoms with Gasteiger partial charge in [0, 0.05) is 12.1 Å². The van der Waals surface area contributed by atoms with E-state index < -0.39 is 39.7 Å². The van der Waals surface area contributed by atoms with E-state index in [-0.39, 0.29) is 138 Å². The van der Waals surface area contributed by atoms with E-state index >= 15 is 0 Å². The van der Waals surface area contributed by atoms with E-state index in [1.54, 1.807) is 0 Å². The van der Waals surface area contributed by atoms with Gasteiger partial charge in [-0.05, 0) is 48.2 Å². The fraction of sp³-hybridized carbons (Fsp3) is 0.222. The van der Waals surface area contributed by atoms with Crippen LogP contribution in [0, 0.1) is 0 Å². The van der Waals surface area contributed by atoms with Gasteiger partial charge in [-0.1, -0.05) is 24.3 Å². The Labute approximate surface area is 301 Å². The molecule has 0 aliphatic carbocycles. The molecule has 0 aliphatic rings. The van der Waals surface area contributed by atoms with Crippen molar-refractivity contribution >= 4 is 141 Å². The Morgan fingerprint density at radius 1 is 0.649 bits per heavy atom. The summed E-state index contributed by atoms with van der Waals surface area (Å²) in [4.78, 5) is 61.9. The van der Waals surface area contributed by atoms with Gasteiger partial charge in [-0.15, -0.1) is 0 Å². The zero-order valence-electron chi connectivity index (χ0n) is 19.3. The molecule has 0 amide bonds. The first-order valence-corrected chi connectivity index (χ1v) is 12.0. The number of phosphoric ester groups is 2. The maximum absolute atomic E-state index is 10.4. The molecule has 0 radical (unpaired) electrons. The summed E-state index contributed by atoms with van der Waals surface area (Å²) in [6.07, 6.45) is 0.0735. The van der Waals surface area contributed by atoms with Crippen molar-refractivity contribution in [2.24, 2.45) is 11.5 Å². The van der Waals surface area contributed by atoms with Crippen LogP contribution in [0.1, 0.15) is 11.1 Å². The van der Waals surface area contributed by atoms with Gasteiger partial charge < -0.3 is 69.0 Å². The van der Waals surface area contributed by atoms with E-state index in [1.807, 2.05) is 0 Å². The summed E-state index contributed by atoms with van der Waals surface area (Å²) in [7, 11) is -10.1. The van der Waals surface area contributed by atoms with Crippen LogP contribution < -0.4 is 50.3 Å². The molecule has 4 N–H and O–H groups in total. The molecule has 0 fully saturated rings. The molecule has 14 nitrogen and oxygen atoms in total. The number of carbonyl (C=O) groups is 2. The Morgan fingerprint density at radius 3 is 1.08 bits per heavy atom. The average molecular weight is 637 g/mol. The maximum Gasteiger partial charge on any atom is 2.00 e. The molecular formula is C18H18Ca3N2O12P2. The summed E-state index contributed by atoms with van der Waals surface area (Å²) in [6, 6.07) is 8.29. The van der Waals surface area contributed by atoms with E-state index in [2.05, 4.69) is 9.05 Å². The number of carbonyl (C=O) groups excluding carboxylic acids is 2. The molecule has 19 heteroatoms. The summed E-state index contributed by atoms with van der Waals surface area (Å²) in [6.45, 7) is 0. The molecule has 2 aromatic carbocycles. The Bertz CT molecular complexity index is 979. The van der Waals surface area contributed by atoms with Crippen molar-refractivity contribution in [2.75, 3.05) is 0 Å². The van der Waals surface area contributed by atoms with Crippen LogP contribution in [0.25, 0.3) is 0 Å². The molecule has 0 unspecified atom stereocenters. The van der Waals surface area contributed by atoms with Crippen LogP contribution in [0.2, 0.25) is 0 Å². The number of benzene rings is 2. The van der Waals surface area contributed by atoms with Crippen LogP contribution >= 0.6 is 15.6 Å². The first-order chi connectivity index (χ1) is 15.6. The third kappa shape index (κ3) is 20.5. The molecule has 0 heterocycles. The molecule has 188 valence electrons. The molecule has 0 aliphatic heterocycles. The zero-order valence-corrected chi connectivity index (χ0v) is 27.7. The van der Waals surface area contributed by atoms with Gasteiger partial charge in [0.05, 0.1) is 11.9 Å². The van der Waals surface area contributed by atoms with Crippen molar-refractivity contribution in [2.45, 2.75) is 24.9 Å². The van der Waals surface area contributed by atoms with Gasteiger partial charge >= 0.3 is 113 Å². The van der Waals surface area contributed by atoms with Crippen LogP contribution in [-0.4, -0.2) is 137 Å². The van der Waals surface area contributed by atoms with Crippen molar-refractivity contribution in [1.82, 2.24) is 0 Å². The van der Waals surface area contributed by atoms with Gasteiger partial charge in [0.2, 0.25) is 0 Å².